The van der Waals surface area contributed by atoms with Crippen LogP contribution in [0.3, 0.4) is 0 Å². The molecular formula is C12H14ClF3N4. The van der Waals surface area contributed by atoms with E-state index >= 15 is 0 Å². The summed E-state index contributed by atoms with van der Waals surface area (Å²) < 4.78 is 39.6. The van der Waals surface area contributed by atoms with Gasteiger partial charge in [0.05, 0.1) is 10.6 Å². The molecule has 0 saturated carbocycles. The van der Waals surface area contributed by atoms with Crippen LogP contribution in [0.1, 0.15) is 31.2 Å². The molecule has 2 rings (SSSR count). The zero-order chi connectivity index (χ0) is 14.9. The third-order valence-electron chi connectivity index (χ3n) is 2.92. The molecule has 0 aromatic carbocycles. The quantitative estimate of drug-likeness (QED) is 0.944. The average molecular weight is 307 g/mol. The SMILES string of the molecule is CC(N)CCCc1nnc2c(Cl)cc(C(F)(F)F)cn12. The van der Waals surface area contributed by atoms with E-state index in [1.54, 1.807) is 0 Å². The van der Waals surface area contributed by atoms with Gasteiger partial charge in [0.1, 0.15) is 5.82 Å². The highest BCUT2D eigenvalue weighted by molar-refractivity contribution is 6.33. The molecule has 0 saturated heterocycles. The summed E-state index contributed by atoms with van der Waals surface area (Å²) in [5, 5.41) is 7.65. The number of halogens is 4. The molecule has 0 aliphatic heterocycles. The van der Waals surface area contributed by atoms with Gasteiger partial charge in [-0.25, -0.2) is 0 Å². The van der Waals surface area contributed by atoms with Crippen LogP contribution >= 0.6 is 11.6 Å². The molecule has 1 atom stereocenters. The van der Waals surface area contributed by atoms with Crippen LogP contribution in [0.2, 0.25) is 5.02 Å². The topological polar surface area (TPSA) is 56.2 Å². The first-order chi connectivity index (χ1) is 9.29. The fourth-order valence-corrected chi connectivity index (χ4v) is 2.15. The maximum atomic E-state index is 12.8. The van der Waals surface area contributed by atoms with E-state index in [-0.39, 0.29) is 16.7 Å². The molecule has 0 aliphatic rings. The summed E-state index contributed by atoms with van der Waals surface area (Å²) >= 11 is 5.82. The van der Waals surface area contributed by atoms with Crippen LogP contribution < -0.4 is 5.73 Å². The van der Waals surface area contributed by atoms with Crippen molar-refractivity contribution < 1.29 is 13.2 Å². The zero-order valence-corrected chi connectivity index (χ0v) is 11.5. The van der Waals surface area contributed by atoms with Crippen LogP contribution in [-0.4, -0.2) is 20.6 Å². The van der Waals surface area contributed by atoms with Gasteiger partial charge in [0.15, 0.2) is 5.65 Å². The third kappa shape index (κ3) is 3.21. The van der Waals surface area contributed by atoms with Gasteiger partial charge in [0.2, 0.25) is 0 Å². The number of hydrogen-bond acceptors (Lipinski definition) is 3. The van der Waals surface area contributed by atoms with Gasteiger partial charge in [-0.15, -0.1) is 10.2 Å². The van der Waals surface area contributed by atoms with Crippen molar-refractivity contribution in [2.75, 3.05) is 0 Å². The number of alkyl halides is 3. The van der Waals surface area contributed by atoms with Crippen LogP contribution in [0.5, 0.6) is 0 Å². The van der Waals surface area contributed by atoms with Gasteiger partial charge < -0.3 is 5.73 Å². The number of pyridine rings is 1. The molecule has 20 heavy (non-hydrogen) atoms. The number of aryl methyl sites for hydroxylation is 1. The second-order valence-electron chi connectivity index (χ2n) is 4.75. The molecular weight excluding hydrogens is 293 g/mol. The van der Waals surface area contributed by atoms with E-state index < -0.39 is 11.7 Å². The smallest absolute Gasteiger partial charge is 0.328 e. The maximum absolute atomic E-state index is 12.8. The summed E-state index contributed by atoms with van der Waals surface area (Å²) in [7, 11) is 0. The summed E-state index contributed by atoms with van der Waals surface area (Å²) in [5.41, 5.74) is 5.05. The summed E-state index contributed by atoms with van der Waals surface area (Å²) in [6.45, 7) is 1.88. The lowest BCUT2D eigenvalue weighted by molar-refractivity contribution is -0.137. The van der Waals surface area contributed by atoms with Gasteiger partial charge in [0, 0.05) is 18.7 Å². The van der Waals surface area contributed by atoms with E-state index in [9.17, 15) is 13.2 Å². The average Bonchev–Trinajstić information content (AvgIpc) is 2.71. The number of aromatic nitrogens is 3. The van der Waals surface area contributed by atoms with Crippen LogP contribution in [0, 0.1) is 0 Å². The summed E-state index contributed by atoms with van der Waals surface area (Å²) in [4.78, 5) is 0. The fraction of sp³-hybridized carbons (Fsp3) is 0.500. The lowest BCUT2D eigenvalue weighted by Gasteiger charge is -2.09. The molecule has 0 bridgehead atoms. The van der Waals surface area contributed by atoms with Crippen LogP contribution in [-0.2, 0) is 12.6 Å². The first kappa shape index (κ1) is 15.1. The third-order valence-corrected chi connectivity index (χ3v) is 3.20. The second-order valence-corrected chi connectivity index (χ2v) is 5.16. The van der Waals surface area contributed by atoms with Crippen molar-refractivity contribution >= 4 is 17.2 Å². The Morgan fingerprint density at radius 3 is 2.70 bits per heavy atom. The Kier molecular flexibility index (Phi) is 4.19. The monoisotopic (exact) mass is 306 g/mol. The minimum atomic E-state index is -4.45. The van der Waals surface area contributed by atoms with Crippen molar-refractivity contribution in [2.45, 2.75) is 38.4 Å². The highest BCUT2D eigenvalue weighted by atomic mass is 35.5. The van der Waals surface area contributed by atoms with Crippen molar-refractivity contribution in [3.8, 4) is 0 Å². The number of nitrogens with two attached hydrogens (primary N) is 1. The van der Waals surface area contributed by atoms with Crippen molar-refractivity contribution in [3.05, 3.63) is 28.7 Å². The Hall–Kier alpha value is -1.34. The molecule has 8 heteroatoms. The standard InChI is InChI=1S/C12H14ClF3N4/c1-7(17)3-2-4-10-18-19-11-9(13)5-8(6-20(10)11)12(14,15)16/h5-7H,2-4,17H2,1H3. The minimum Gasteiger partial charge on any atom is -0.328 e. The van der Waals surface area contributed by atoms with Crippen LogP contribution in [0.15, 0.2) is 12.3 Å². The lowest BCUT2D eigenvalue weighted by Crippen LogP contribution is -2.14. The number of rotatable bonds is 4. The van der Waals surface area contributed by atoms with Crippen molar-refractivity contribution in [1.82, 2.24) is 14.6 Å². The van der Waals surface area contributed by atoms with Gasteiger partial charge in [-0.1, -0.05) is 11.6 Å². The molecule has 2 heterocycles. The van der Waals surface area contributed by atoms with E-state index in [0.29, 0.717) is 12.2 Å². The second kappa shape index (κ2) is 5.57. The Morgan fingerprint density at radius 2 is 2.10 bits per heavy atom. The molecule has 0 aliphatic carbocycles. The zero-order valence-electron chi connectivity index (χ0n) is 10.8. The highest BCUT2D eigenvalue weighted by Gasteiger charge is 2.32. The normalized spacial score (nSPS) is 13.9. The first-order valence-electron chi connectivity index (χ1n) is 6.15. The molecule has 0 spiro atoms. The lowest BCUT2D eigenvalue weighted by atomic mass is 10.1. The molecule has 0 fully saturated rings. The largest absolute Gasteiger partial charge is 0.417 e. The van der Waals surface area contributed by atoms with Crippen molar-refractivity contribution in [1.29, 1.82) is 0 Å². The first-order valence-corrected chi connectivity index (χ1v) is 6.53. The molecule has 2 aromatic rings. The van der Waals surface area contributed by atoms with Gasteiger partial charge in [-0.3, -0.25) is 4.40 Å². The Morgan fingerprint density at radius 1 is 1.40 bits per heavy atom. The molecule has 2 N–H and O–H groups in total. The van der Waals surface area contributed by atoms with E-state index in [1.165, 1.54) is 4.40 Å². The summed E-state index contributed by atoms with van der Waals surface area (Å²) in [5.74, 6) is 0.452. The van der Waals surface area contributed by atoms with E-state index in [4.69, 9.17) is 17.3 Å². The highest BCUT2D eigenvalue weighted by Crippen LogP contribution is 2.32. The summed E-state index contributed by atoms with van der Waals surface area (Å²) in [6.07, 6.45) is -1.48. The van der Waals surface area contributed by atoms with Gasteiger partial charge >= 0.3 is 6.18 Å². The molecule has 4 nitrogen and oxygen atoms in total. The number of nitrogens with zero attached hydrogens (tertiary/aromatic N) is 3. The van der Waals surface area contributed by atoms with Gasteiger partial charge in [-0.05, 0) is 25.8 Å². The van der Waals surface area contributed by atoms with Crippen molar-refractivity contribution in [3.63, 3.8) is 0 Å². The Labute approximate surface area is 118 Å². The molecule has 110 valence electrons. The maximum Gasteiger partial charge on any atom is 0.417 e. The summed E-state index contributed by atoms with van der Waals surface area (Å²) in [6, 6.07) is 0.903. The molecule has 2 aromatic heterocycles. The molecule has 1 unspecified atom stereocenters. The van der Waals surface area contributed by atoms with E-state index in [1.807, 2.05) is 6.92 Å². The van der Waals surface area contributed by atoms with Crippen molar-refractivity contribution in [2.24, 2.45) is 5.73 Å². The fourth-order valence-electron chi connectivity index (χ4n) is 1.91. The number of fused-ring (bicyclic) bond motifs is 1. The van der Waals surface area contributed by atoms with E-state index in [2.05, 4.69) is 10.2 Å². The van der Waals surface area contributed by atoms with E-state index in [0.717, 1.165) is 25.1 Å². The minimum absolute atomic E-state index is 0.0449. The predicted octanol–water partition coefficient (Wildman–Crippen LogP) is 3.07. The molecule has 0 amide bonds. The number of hydrogen-bond donors (Lipinski definition) is 1. The molecule has 0 radical (unpaired) electrons. The van der Waals surface area contributed by atoms with Gasteiger partial charge in [0.25, 0.3) is 0 Å². The van der Waals surface area contributed by atoms with Crippen LogP contribution in [0.25, 0.3) is 5.65 Å². The predicted molar refractivity (Wildman–Crippen MR) is 69.6 cm³/mol. The van der Waals surface area contributed by atoms with Gasteiger partial charge in [-0.2, -0.15) is 13.2 Å². The van der Waals surface area contributed by atoms with Crippen LogP contribution in [0.4, 0.5) is 13.2 Å². The Balaban J connectivity index is 2.35. The Bertz CT molecular complexity index is 607.